The van der Waals surface area contributed by atoms with Crippen LogP contribution in [0.5, 0.6) is 5.75 Å². The molecule has 2 amide bonds. The van der Waals surface area contributed by atoms with Crippen molar-refractivity contribution in [2.75, 3.05) is 32.2 Å². The average molecular weight is 342 g/mol. The van der Waals surface area contributed by atoms with Gasteiger partial charge in [-0.05, 0) is 29.8 Å². The lowest BCUT2D eigenvalue weighted by Crippen LogP contribution is -2.28. The van der Waals surface area contributed by atoms with E-state index in [1.54, 1.807) is 31.4 Å². The summed E-state index contributed by atoms with van der Waals surface area (Å²) in [5.41, 5.74) is 1.53. The van der Waals surface area contributed by atoms with E-state index in [0.29, 0.717) is 24.6 Å². The molecule has 0 fully saturated rings. The predicted octanol–water partition coefficient (Wildman–Crippen LogP) is 2.01. The van der Waals surface area contributed by atoms with Gasteiger partial charge in [-0.15, -0.1) is 0 Å². The molecule has 0 saturated heterocycles. The second-order valence-corrected chi connectivity index (χ2v) is 5.37. The number of methoxy groups -OCH3 is 1. The van der Waals surface area contributed by atoms with E-state index in [1.807, 2.05) is 30.3 Å². The number of carbonyl (C=O) groups excluding carboxylic acids is 2. The minimum Gasteiger partial charge on any atom is -0.484 e. The lowest BCUT2D eigenvalue weighted by molar-refractivity contribution is -0.120. The number of para-hydroxylation sites is 1. The third-order valence-corrected chi connectivity index (χ3v) is 3.34. The molecule has 0 bridgehead atoms. The highest BCUT2D eigenvalue weighted by Gasteiger charge is 2.06. The first kappa shape index (κ1) is 18.5. The minimum absolute atomic E-state index is 0.0618. The van der Waals surface area contributed by atoms with Crippen LogP contribution in [0.25, 0.3) is 0 Å². The zero-order valence-electron chi connectivity index (χ0n) is 14.2. The summed E-state index contributed by atoms with van der Waals surface area (Å²) in [5, 5.41) is 5.51. The molecule has 2 aromatic rings. The van der Waals surface area contributed by atoms with Crippen LogP contribution in [-0.2, 0) is 20.7 Å². The first-order chi connectivity index (χ1) is 12.2. The van der Waals surface area contributed by atoms with Gasteiger partial charge in [0.05, 0.1) is 13.0 Å². The summed E-state index contributed by atoms with van der Waals surface area (Å²) in [4.78, 5) is 23.6. The number of hydrogen-bond donors (Lipinski definition) is 2. The van der Waals surface area contributed by atoms with Gasteiger partial charge in [0.2, 0.25) is 5.91 Å². The molecule has 0 aliphatic carbocycles. The van der Waals surface area contributed by atoms with Crippen molar-refractivity contribution in [3.63, 3.8) is 0 Å². The normalized spacial score (nSPS) is 10.1. The fourth-order valence-corrected chi connectivity index (χ4v) is 2.11. The van der Waals surface area contributed by atoms with E-state index >= 15 is 0 Å². The SMILES string of the molecule is COCCNC(=O)Cc1ccc(NC(=O)COc2ccccc2)cc1. The average Bonchev–Trinajstić information content (AvgIpc) is 2.63. The maximum atomic E-state index is 11.9. The molecule has 25 heavy (non-hydrogen) atoms. The third kappa shape index (κ3) is 7.05. The summed E-state index contributed by atoms with van der Waals surface area (Å²) in [6, 6.07) is 16.3. The number of rotatable bonds is 9. The molecule has 2 N–H and O–H groups in total. The van der Waals surface area contributed by atoms with E-state index in [9.17, 15) is 9.59 Å². The van der Waals surface area contributed by atoms with Gasteiger partial charge in [0.1, 0.15) is 5.75 Å². The fourth-order valence-electron chi connectivity index (χ4n) is 2.11. The van der Waals surface area contributed by atoms with Gasteiger partial charge in [-0.1, -0.05) is 30.3 Å². The van der Waals surface area contributed by atoms with Gasteiger partial charge in [-0.2, -0.15) is 0 Å². The molecule has 6 nitrogen and oxygen atoms in total. The first-order valence-electron chi connectivity index (χ1n) is 7.99. The van der Waals surface area contributed by atoms with Gasteiger partial charge in [0.25, 0.3) is 5.91 Å². The molecule has 0 aliphatic heterocycles. The second-order valence-electron chi connectivity index (χ2n) is 5.37. The van der Waals surface area contributed by atoms with E-state index in [2.05, 4.69) is 10.6 Å². The standard InChI is InChI=1S/C19H22N2O4/c1-24-12-11-20-18(22)13-15-7-9-16(10-8-15)21-19(23)14-25-17-5-3-2-4-6-17/h2-10H,11-14H2,1H3,(H,20,22)(H,21,23). The number of benzene rings is 2. The second kappa shape index (κ2) is 10.1. The monoisotopic (exact) mass is 342 g/mol. The van der Waals surface area contributed by atoms with Crippen LogP contribution < -0.4 is 15.4 Å². The zero-order chi connectivity index (χ0) is 17.9. The summed E-state index contributed by atoms with van der Waals surface area (Å²) < 4.78 is 10.3. The smallest absolute Gasteiger partial charge is 0.262 e. The number of amides is 2. The summed E-state index contributed by atoms with van der Waals surface area (Å²) in [7, 11) is 1.59. The Morgan fingerprint density at radius 2 is 1.68 bits per heavy atom. The van der Waals surface area contributed by atoms with Gasteiger partial charge >= 0.3 is 0 Å². The van der Waals surface area contributed by atoms with Crippen LogP contribution in [0, 0.1) is 0 Å². The van der Waals surface area contributed by atoms with Crippen LogP contribution in [0.15, 0.2) is 54.6 Å². The predicted molar refractivity (Wildman–Crippen MR) is 95.6 cm³/mol. The maximum Gasteiger partial charge on any atom is 0.262 e. The molecule has 0 aliphatic rings. The van der Waals surface area contributed by atoms with Gasteiger partial charge in [0, 0.05) is 19.3 Å². The van der Waals surface area contributed by atoms with Gasteiger partial charge in [0.15, 0.2) is 6.61 Å². The summed E-state index contributed by atoms with van der Waals surface area (Å²) in [6.45, 7) is 0.917. The molecule has 0 spiro atoms. The van der Waals surface area contributed by atoms with E-state index in [0.717, 1.165) is 5.56 Å². The summed E-state index contributed by atoms with van der Waals surface area (Å²) >= 11 is 0. The Morgan fingerprint density at radius 1 is 0.960 bits per heavy atom. The number of nitrogens with one attached hydrogen (secondary N) is 2. The number of hydrogen-bond acceptors (Lipinski definition) is 4. The molecule has 0 unspecified atom stereocenters. The largest absolute Gasteiger partial charge is 0.484 e. The van der Waals surface area contributed by atoms with Gasteiger partial charge in [-0.3, -0.25) is 9.59 Å². The van der Waals surface area contributed by atoms with Crippen molar-refractivity contribution in [1.29, 1.82) is 0 Å². The molecule has 2 rings (SSSR count). The maximum absolute atomic E-state index is 11.9. The van der Waals surface area contributed by atoms with E-state index in [1.165, 1.54) is 0 Å². The van der Waals surface area contributed by atoms with Crippen molar-refractivity contribution in [3.8, 4) is 5.75 Å². The Hall–Kier alpha value is -2.86. The first-order valence-corrected chi connectivity index (χ1v) is 7.99. The molecular weight excluding hydrogens is 320 g/mol. The Balaban J connectivity index is 1.75. The molecule has 132 valence electrons. The summed E-state index contributed by atoms with van der Waals surface area (Å²) in [5.74, 6) is 0.339. The van der Waals surface area contributed by atoms with Gasteiger partial charge in [-0.25, -0.2) is 0 Å². The topological polar surface area (TPSA) is 76.7 Å². The quantitative estimate of drug-likeness (QED) is 0.684. The minimum atomic E-state index is -0.242. The van der Waals surface area contributed by atoms with Crippen molar-refractivity contribution < 1.29 is 19.1 Å². The summed E-state index contributed by atoms with van der Waals surface area (Å²) in [6.07, 6.45) is 0.287. The van der Waals surface area contributed by atoms with Crippen LogP contribution in [0.4, 0.5) is 5.69 Å². The molecule has 0 aromatic heterocycles. The lowest BCUT2D eigenvalue weighted by Gasteiger charge is -2.08. The molecule has 6 heteroatoms. The van der Waals surface area contributed by atoms with Crippen molar-refractivity contribution in [2.45, 2.75) is 6.42 Å². The highest BCUT2D eigenvalue weighted by molar-refractivity contribution is 5.91. The number of anilines is 1. The van der Waals surface area contributed by atoms with E-state index in [4.69, 9.17) is 9.47 Å². The molecule has 0 atom stereocenters. The highest BCUT2D eigenvalue weighted by atomic mass is 16.5. The van der Waals surface area contributed by atoms with Crippen LogP contribution in [0.2, 0.25) is 0 Å². The van der Waals surface area contributed by atoms with Crippen molar-refractivity contribution in [2.24, 2.45) is 0 Å². The van der Waals surface area contributed by atoms with Crippen LogP contribution in [0.1, 0.15) is 5.56 Å². The van der Waals surface area contributed by atoms with Crippen LogP contribution in [0.3, 0.4) is 0 Å². The van der Waals surface area contributed by atoms with E-state index < -0.39 is 0 Å². The Morgan fingerprint density at radius 3 is 2.36 bits per heavy atom. The third-order valence-electron chi connectivity index (χ3n) is 3.34. The van der Waals surface area contributed by atoms with Crippen molar-refractivity contribution in [1.82, 2.24) is 5.32 Å². The van der Waals surface area contributed by atoms with Crippen LogP contribution in [-0.4, -0.2) is 38.7 Å². The molecule has 0 heterocycles. The Kier molecular flexibility index (Phi) is 7.46. The number of carbonyl (C=O) groups is 2. The Bertz CT molecular complexity index is 672. The highest BCUT2D eigenvalue weighted by Crippen LogP contribution is 2.11. The lowest BCUT2D eigenvalue weighted by atomic mass is 10.1. The van der Waals surface area contributed by atoms with Crippen LogP contribution >= 0.6 is 0 Å². The van der Waals surface area contributed by atoms with Crippen molar-refractivity contribution in [3.05, 3.63) is 60.2 Å². The number of ether oxygens (including phenoxy) is 2. The van der Waals surface area contributed by atoms with Gasteiger partial charge < -0.3 is 20.1 Å². The molecular formula is C19H22N2O4. The fraction of sp³-hybridized carbons (Fsp3) is 0.263. The molecule has 0 saturated carbocycles. The molecule has 2 aromatic carbocycles. The molecule has 0 radical (unpaired) electrons. The van der Waals surface area contributed by atoms with Crippen molar-refractivity contribution >= 4 is 17.5 Å². The zero-order valence-corrected chi connectivity index (χ0v) is 14.2. The Labute approximate surface area is 147 Å². The van der Waals surface area contributed by atoms with E-state index in [-0.39, 0.29) is 24.8 Å².